The van der Waals surface area contributed by atoms with Gasteiger partial charge in [0, 0.05) is 12.1 Å². The lowest BCUT2D eigenvalue weighted by molar-refractivity contribution is -0.143. The Bertz CT molecular complexity index is 549. The maximum absolute atomic E-state index is 13.1. The van der Waals surface area contributed by atoms with Crippen LogP contribution in [0.15, 0.2) is 24.3 Å². The summed E-state index contributed by atoms with van der Waals surface area (Å²) in [6, 6.07) is 6.39. The minimum Gasteiger partial charge on any atom is -0.374 e. The van der Waals surface area contributed by atoms with E-state index in [9.17, 15) is 9.18 Å². The summed E-state index contributed by atoms with van der Waals surface area (Å²) < 4.78 is 18.9. The van der Waals surface area contributed by atoms with Gasteiger partial charge in [-0.25, -0.2) is 4.39 Å². The fraction of sp³-hybridized carbons (Fsp3) is 0.611. The maximum atomic E-state index is 13.1. The van der Waals surface area contributed by atoms with E-state index in [1.165, 1.54) is 12.1 Å². The molecule has 3 rings (SSSR count). The number of halogens is 1. The Balaban J connectivity index is 1.78. The highest BCUT2D eigenvalue weighted by Gasteiger charge is 2.47. The van der Waals surface area contributed by atoms with E-state index < -0.39 is 0 Å². The molecule has 2 aliphatic heterocycles. The second-order valence-electron chi connectivity index (χ2n) is 7.44. The zero-order valence-electron chi connectivity index (χ0n) is 13.5. The predicted molar refractivity (Wildman–Crippen MR) is 82.7 cm³/mol. The van der Waals surface area contributed by atoms with Gasteiger partial charge >= 0.3 is 0 Å². The van der Waals surface area contributed by atoms with Crippen LogP contribution in [0, 0.1) is 11.7 Å². The molecule has 0 N–H and O–H groups in total. The molecule has 1 aromatic carbocycles. The monoisotopic (exact) mass is 305 g/mol. The maximum Gasteiger partial charge on any atom is 0.229 e. The first kappa shape index (κ1) is 15.5. The van der Waals surface area contributed by atoms with Gasteiger partial charge in [-0.05, 0) is 57.7 Å². The molecule has 2 aliphatic rings. The molecule has 2 bridgehead atoms. The summed E-state index contributed by atoms with van der Waals surface area (Å²) in [5.74, 6) is -0.0960. The highest BCUT2D eigenvalue weighted by atomic mass is 19.1. The molecule has 0 saturated carbocycles. The number of rotatable bonds is 3. The highest BCUT2D eigenvalue weighted by Crippen LogP contribution is 2.40. The molecule has 3 nitrogen and oxygen atoms in total. The average Bonchev–Trinajstić information content (AvgIpc) is 3.07. The molecule has 2 saturated heterocycles. The summed E-state index contributed by atoms with van der Waals surface area (Å²) in [6.45, 7) is 6.64. The van der Waals surface area contributed by atoms with Crippen molar-refractivity contribution in [3.63, 3.8) is 0 Å². The summed E-state index contributed by atoms with van der Waals surface area (Å²) >= 11 is 0. The first-order valence-corrected chi connectivity index (χ1v) is 8.06. The molecular weight excluding hydrogens is 281 g/mol. The molecule has 0 aromatic heterocycles. The second kappa shape index (κ2) is 5.65. The lowest BCUT2D eigenvalue weighted by Crippen LogP contribution is -2.49. The zero-order chi connectivity index (χ0) is 15.9. The molecule has 2 heterocycles. The Morgan fingerprint density at radius 1 is 1.27 bits per heavy atom. The molecule has 22 heavy (non-hydrogen) atoms. The number of amides is 1. The SMILES string of the molecule is CC(C)(C)N(Cc1ccc(F)cc1)C(=O)C1CC2CCC1O2. The number of hydrogen-bond acceptors (Lipinski definition) is 2. The Morgan fingerprint density at radius 2 is 1.95 bits per heavy atom. The zero-order valence-corrected chi connectivity index (χ0v) is 13.5. The van der Waals surface area contributed by atoms with Crippen LogP contribution in [-0.4, -0.2) is 28.6 Å². The van der Waals surface area contributed by atoms with Gasteiger partial charge in [-0.3, -0.25) is 4.79 Å². The first-order valence-electron chi connectivity index (χ1n) is 8.06. The molecule has 2 fully saturated rings. The number of fused-ring (bicyclic) bond motifs is 2. The summed E-state index contributed by atoms with van der Waals surface area (Å²) in [4.78, 5) is 14.9. The summed E-state index contributed by atoms with van der Waals surface area (Å²) in [5, 5.41) is 0. The van der Waals surface area contributed by atoms with Crippen molar-refractivity contribution >= 4 is 5.91 Å². The average molecular weight is 305 g/mol. The van der Waals surface area contributed by atoms with Crippen LogP contribution in [0.4, 0.5) is 4.39 Å². The van der Waals surface area contributed by atoms with E-state index >= 15 is 0 Å². The molecule has 120 valence electrons. The van der Waals surface area contributed by atoms with E-state index in [1.807, 2.05) is 25.7 Å². The molecule has 1 amide bonds. The van der Waals surface area contributed by atoms with Gasteiger partial charge < -0.3 is 9.64 Å². The number of nitrogens with zero attached hydrogens (tertiary/aromatic N) is 1. The Kier molecular flexibility index (Phi) is 3.98. The van der Waals surface area contributed by atoms with Gasteiger partial charge in [0.1, 0.15) is 5.82 Å². The lowest BCUT2D eigenvalue weighted by Gasteiger charge is -2.38. The van der Waals surface area contributed by atoms with E-state index in [1.54, 1.807) is 12.1 Å². The Hall–Kier alpha value is -1.42. The van der Waals surface area contributed by atoms with E-state index in [-0.39, 0.29) is 35.4 Å². The van der Waals surface area contributed by atoms with Gasteiger partial charge in [0.05, 0.1) is 18.1 Å². The smallest absolute Gasteiger partial charge is 0.229 e. The normalized spacial score (nSPS) is 27.2. The molecule has 0 spiro atoms. The number of carbonyl (C=O) groups is 1. The standard InChI is InChI=1S/C18H24FNO2/c1-18(2,3)20(11-12-4-6-13(19)7-5-12)17(21)15-10-14-8-9-16(15)22-14/h4-7,14-16H,8-11H2,1-3H3. The van der Waals surface area contributed by atoms with Crippen molar-refractivity contribution in [2.24, 2.45) is 5.92 Å². The molecule has 3 unspecified atom stereocenters. The highest BCUT2D eigenvalue weighted by molar-refractivity contribution is 5.80. The van der Waals surface area contributed by atoms with Gasteiger partial charge in [0.25, 0.3) is 0 Å². The van der Waals surface area contributed by atoms with Crippen LogP contribution < -0.4 is 0 Å². The third-order valence-corrected chi connectivity index (χ3v) is 4.75. The van der Waals surface area contributed by atoms with Gasteiger partial charge in [0.2, 0.25) is 5.91 Å². The predicted octanol–water partition coefficient (Wildman–Crippen LogP) is 3.52. The summed E-state index contributed by atoms with van der Waals surface area (Å²) in [5.41, 5.74) is 0.682. The molecule has 3 atom stereocenters. The summed E-state index contributed by atoms with van der Waals surface area (Å²) in [7, 11) is 0. The fourth-order valence-corrected chi connectivity index (χ4v) is 3.52. The van der Waals surface area contributed by atoms with Crippen molar-refractivity contribution in [1.29, 1.82) is 0 Å². The third kappa shape index (κ3) is 3.02. The van der Waals surface area contributed by atoms with Crippen LogP contribution in [-0.2, 0) is 16.1 Å². The molecule has 0 aliphatic carbocycles. The van der Waals surface area contributed by atoms with Crippen molar-refractivity contribution < 1.29 is 13.9 Å². The number of carbonyl (C=O) groups excluding carboxylic acids is 1. The van der Waals surface area contributed by atoms with Gasteiger partial charge in [-0.2, -0.15) is 0 Å². The molecule has 4 heteroatoms. The van der Waals surface area contributed by atoms with Crippen LogP contribution >= 0.6 is 0 Å². The van der Waals surface area contributed by atoms with Gasteiger partial charge in [-0.15, -0.1) is 0 Å². The minimum absolute atomic E-state index is 0.0153. The van der Waals surface area contributed by atoms with Crippen LogP contribution in [0.25, 0.3) is 0 Å². The van der Waals surface area contributed by atoms with E-state index in [4.69, 9.17) is 4.74 Å². The van der Waals surface area contributed by atoms with Crippen molar-refractivity contribution in [1.82, 2.24) is 4.90 Å². The minimum atomic E-state index is -0.271. The number of benzene rings is 1. The van der Waals surface area contributed by atoms with Gasteiger partial charge in [0.15, 0.2) is 0 Å². The number of hydrogen-bond donors (Lipinski definition) is 0. The van der Waals surface area contributed by atoms with Crippen molar-refractivity contribution in [3.8, 4) is 0 Å². The fourth-order valence-electron chi connectivity index (χ4n) is 3.52. The topological polar surface area (TPSA) is 29.5 Å². The Labute approximate surface area is 131 Å². The summed E-state index contributed by atoms with van der Waals surface area (Å²) in [6.07, 6.45) is 3.29. The van der Waals surface area contributed by atoms with Gasteiger partial charge in [-0.1, -0.05) is 12.1 Å². The van der Waals surface area contributed by atoms with Crippen LogP contribution in [0.5, 0.6) is 0 Å². The number of ether oxygens (including phenoxy) is 1. The van der Waals surface area contributed by atoms with E-state index in [0.29, 0.717) is 6.54 Å². The molecular formula is C18H24FNO2. The lowest BCUT2D eigenvalue weighted by atomic mass is 9.87. The van der Waals surface area contributed by atoms with Crippen LogP contribution in [0.2, 0.25) is 0 Å². The Morgan fingerprint density at radius 3 is 2.45 bits per heavy atom. The molecule has 1 aromatic rings. The molecule has 0 radical (unpaired) electrons. The third-order valence-electron chi connectivity index (χ3n) is 4.75. The quantitative estimate of drug-likeness (QED) is 0.855. The van der Waals surface area contributed by atoms with E-state index in [0.717, 1.165) is 24.8 Å². The second-order valence-corrected chi connectivity index (χ2v) is 7.44. The van der Waals surface area contributed by atoms with Crippen LogP contribution in [0.3, 0.4) is 0 Å². The van der Waals surface area contributed by atoms with E-state index in [2.05, 4.69) is 0 Å². The van der Waals surface area contributed by atoms with Crippen molar-refractivity contribution in [2.75, 3.05) is 0 Å². The van der Waals surface area contributed by atoms with Crippen molar-refractivity contribution in [2.45, 2.75) is 64.3 Å². The first-order chi connectivity index (χ1) is 10.3. The van der Waals surface area contributed by atoms with Crippen LogP contribution in [0.1, 0.15) is 45.6 Å². The largest absolute Gasteiger partial charge is 0.374 e. The van der Waals surface area contributed by atoms with Crippen molar-refractivity contribution in [3.05, 3.63) is 35.6 Å².